The highest BCUT2D eigenvalue weighted by Gasteiger charge is 2.17. The van der Waals surface area contributed by atoms with Crippen molar-refractivity contribution in [2.24, 2.45) is 11.7 Å². The monoisotopic (exact) mass is 195 g/mol. The molecule has 1 rings (SSSR count). The van der Waals surface area contributed by atoms with Gasteiger partial charge in [-0.15, -0.1) is 0 Å². The molecule has 0 aromatic carbocycles. The molecule has 0 radical (unpaired) electrons. The van der Waals surface area contributed by atoms with Crippen LogP contribution in [0, 0.1) is 26.7 Å². The van der Waals surface area contributed by atoms with Crippen molar-refractivity contribution >= 4 is 0 Å². The number of nitrogens with zero attached hydrogens (tertiary/aromatic N) is 2. The quantitative estimate of drug-likeness (QED) is 0.801. The molecule has 0 saturated carbocycles. The van der Waals surface area contributed by atoms with Crippen molar-refractivity contribution < 1.29 is 0 Å². The van der Waals surface area contributed by atoms with E-state index in [0.717, 1.165) is 5.69 Å². The van der Waals surface area contributed by atoms with E-state index in [-0.39, 0.29) is 0 Å². The predicted molar refractivity (Wildman–Crippen MR) is 59.4 cm³/mol. The second-order valence-electron chi connectivity index (χ2n) is 4.19. The van der Waals surface area contributed by atoms with Gasteiger partial charge in [0, 0.05) is 5.69 Å². The topological polar surface area (TPSA) is 43.8 Å². The van der Waals surface area contributed by atoms with Gasteiger partial charge in [0.2, 0.25) is 0 Å². The molecule has 0 spiro atoms. The Hall–Kier alpha value is -0.830. The Balaban J connectivity index is 3.01. The maximum atomic E-state index is 5.66. The highest BCUT2D eigenvalue weighted by atomic mass is 15.3. The number of nitrogens with two attached hydrogens (primary N) is 1. The number of aryl methyl sites for hydroxylation is 1. The molecule has 0 amide bonds. The minimum Gasteiger partial charge on any atom is -0.330 e. The Morgan fingerprint density at radius 2 is 1.86 bits per heavy atom. The summed E-state index contributed by atoms with van der Waals surface area (Å²) in [6.07, 6.45) is 0. The van der Waals surface area contributed by atoms with Gasteiger partial charge in [-0.05, 0) is 45.7 Å². The second kappa shape index (κ2) is 4.13. The average Bonchev–Trinajstić information content (AvgIpc) is 2.43. The second-order valence-corrected chi connectivity index (χ2v) is 4.19. The predicted octanol–water partition coefficient (Wildman–Crippen LogP) is 1.96. The van der Waals surface area contributed by atoms with Crippen LogP contribution in [0.2, 0.25) is 0 Å². The van der Waals surface area contributed by atoms with Gasteiger partial charge in [-0.25, -0.2) is 0 Å². The summed E-state index contributed by atoms with van der Waals surface area (Å²) in [7, 11) is 0. The van der Waals surface area contributed by atoms with Gasteiger partial charge in [-0.1, -0.05) is 6.92 Å². The molecule has 0 aliphatic rings. The first-order valence-corrected chi connectivity index (χ1v) is 5.21. The van der Waals surface area contributed by atoms with E-state index in [2.05, 4.69) is 44.4 Å². The molecule has 0 saturated heterocycles. The van der Waals surface area contributed by atoms with Crippen LogP contribution in [0.5, 0.6) is 0 Å². The summed E-state index contributed by atoms with van der Waals surface area (Å²) < 4.78 is 2.10. The van der Waals surface area contributed by atoms with E-state index in [0.29, 0.717) is 18.5 Å². The molecule has 0 bridgehead atoms. The number of rotatable bonds is 3. The van der Waals surface area contributed by atoms with Crippen LogP contribution in [0.15, 0.2) is 0 Å². The van der Waals surface area contributed by atoms with Crippen LogP contribution in [-0.4, -0.2) is 16.3 Å². The van der Waals surface area contributed by atoms with Gasteiger partial charge >= 0.3 is 0 Å². The molecule has 3 heteroatoms. The van der Waals surface area contributed by atoms with E-state index in [1.165, 1.54) is 11.3 Å². The molecule has 14 heavy (non-hydrogen) atoms. The van der Waals surface area contributed by atoms with Crippen molar-refractivity contribution in [3.8, 4) is 0 Å². The smallest absolute Gasteiger partial charge is 0.0625 e. The summed E-state index contributed by atoms with van der Waals surface area (Å²) in [5, 5.41) is 4.54. The molecule has 3 nitrogen and oxygen atoms in total. The zero-order chi connectivity index (χ0) is 10.9. The lowest BCUT2D eigenvalue weighted by Crippen LogP contribution is -2.23. The molecule has 1 aromatic heterocycles. The maximum absolute atomic E-state index is 5.66. The van der Waals surface area contributed by atoms with E-state index in [1.54, 1.807) is 0 Å². The molecular formula is C11H21N3. The van der Waals surface area contributed by atoms with Crippen LogP contribution in [-0.2, 0) is 0 Å². The largest absolute Gasteiger partial charge is 0.330 e. The lowest BCUT2D eigenvalue weighted by atomic mass is 10.0. The van der Waals surface area contributed by atoms with Gasteiger partial charge in [-0.2, -0.15) is 5.10 Å². The Bertz CT molecular complexity index is 315. The van der Waals surface area contributed by atoms with Crippen LogP contribution < -0.4 is 5.73 Å². The Labute approximate surface area is 86.3 Å². The molecule has 1 aromatic rings. The Kier molecular flexibility index (Phi) is 3.32. The van der Waals surface area contributed by atoms with E-state index in [4.69, 9.17) is 5.73 Å². The zero-order valence-corrected chi connectivity index (χ0v) is 9.83. The molecule has 80 valence electrons. The third-order valence-corrected chi connectivity index (χ3v) is 3.27. The van der Waals surface area contributed by atoms with Crippen molar-refractivity contribution in [1.29, 1.82) is 0 Å². The zero-order valence-electron chi connectivity index (χ0n) is 9.83. The summed E-state index contributed by atoms with van der Waals surface area (Å²) in [6.45, 7) is 11.3. The van der Waals surface area contributed by atoms with Crippen LogP contribution in [0.4, 0.5) is 0 Å². The summed E-state index contributed by atoms with van der Waals surface area (Å²) >= 11 is 0. The Morgan fingerprint density at radius 3 is 2.21 bits per heavy atom. The molecule has 2 unspecified atom stereocenters. The van der Waals surface area contributed by atoms with Crippen LogP contribution >= 0.6 is 0 Å². The number of hydrogen-bond donors (Lipinski definition) is 1. The number of hydrogen-bond acceptors (Lipinski definition) is 2. The van der Waals surface area contributed by atoms with Crippen molar-refractivity contribution in [1.82, 2.24) is 9.78 Å². The molecule has 0 fully saturated rings. The van der Waals surface area contributed by atoms with E-state index >= 15 is 0 Å². The average molecular weight is 195 g/mol. The molecular weight excluding hydrogens is 174 g/mol. The summed E-state index contributed by atoms with van der Waals surface area (Å²) in [4.78, 5) is 0. The maximum Gasteiger partial charge on any atom is 0.0625 e. The van der Waals surface area contributed by atoms with Crippen molar-refractivity contribution in [3.05, 3.63) is 17.0 Å². The van der Waals surface area contributed by atoms with E-state index in [9.17, 15) is 0 Å². The highest BCUT2D eigenvalue weighted by molar-refractivity contribution is 5.22. The van der Waals surface area contributed by atoms with Crippen LogP contribution in [0.1, 0.15) is 36.8 Å². The van der Waals surface area contributed by atoms with Gasteiger partial charge in [-0.3, -0.25) is 4.68 Å². The van der Waals surface area contributed by atoms with Crippen molar-refractivity contribution in [2.45, 2.75) is 40.7 Å². The SMILES string of the molecule is Cc1nn(C(C)C(C)CN)c(C)c1C. The van der Waals surface area contributed by atoms with E-state index < -0.39 is 0 Å². The molecule has 2 N–H and O–H groups in total. The normalized spacial score (nSPS) is 15.6. The first-order valence-electron chi connectivity index (χ1n) is 5.21. The minimum atomic E-state index is 0.382. The van der Waals surface area contributed by atoms with Crippen molar-refractivity contribution in [3.63, 3.8) is 0 Å². The molecule has 2 atom stereocenters. The summed E-state index contributed by atoms with van der Waals surface area (Å²) in [5.74, 6) is 0.465. The highest BCUT2D eigenvalue weighted by Crippen LogP contribution is 2.21. The van der Waals surface area contributed by atoms with Crippen LogP contribution in [0.25, 0.3) is 0 Å². The number of aromatic nitrogens is 2. The van der Waals surface area contributed by atoms with E-state index in [1.807, 2.05) is 0 Å². The fourth-order valence-corrected chi connectivity index (χ4v) is 1.58. The molecule has 0 aliphatic carbocycles. The molecule has 1 heterocycles. The first kappa shape index (κ1) is 11.2. The van der Waals surface area contributed by atoms with Gasteiger partial charge in [0.15, 0.2) is 0 Å². The fraction of sp³-hybridized carbons (Fsp3) is 0.727. The standard InChI is InChI=1S/C11H21N3/c1-7(6-12)10(4)14-11(5)8(2)9(3)13-14/h7,10H,6,12H2,1-5H3. The fourth-order valence-electron chi connectivity index (χ4n) is 1.58. The minimum absolute atomic E-state index is 0.382. The lowest BCUT2D eigenvalue weighted by molar-refractivity contribution is 0.351. The van der Waals surface area contributed by atoms with Gasteiger partial charge in [0.25, 0.3) is 0 Å². The van der Waals surface area contributed by atoms with Gasteiger partial charge in [0.05, 0.1) is 11.7 Å². The van der Waals surface area contributed by atoms with Gasteiger partial charge in [0.1, 0.15) is 0 Å². The summed E-state index contributed by atoms with van der Waals surface area (Å²) in [6, 6.07) is 0.382. The third kappa shape index (κ3) is 1.82. The summed E-state index contributed by atoms with van der Waals surface area (Å²) in [5.41, 5.74) is 9.34. The van der Waals surface area contributed by atoms with Crippen LogP contribution in [0.3, 0.4) is 0 Å². The van der Waals surface area contributed by atoms with Crippen molar-refractivity contribution in [2.75, 3.05) is 6.54 Å². The molecule has 0 aliphatic heterocycles. The lowest BCUT2D eigenvalue weighted by Gasteiger charge is -2.20. The first-order chi connectivity index (χ1) is 6.49. The Morgan fingerprint density at radius 1 is 1.29 bits per heavy atom. The van der Waals surface area contributed by atoms with Gasteiger partial charge < -0.3 is 5.73 Å². The third-order valence-electron chi connectivity index (χ3n) is 3.27.